The highest BCUT2D eigenvalue weighted by Crippen LogP contribution is 2.36. The smallest absolute Gasteiger partial charge is 0.435 e. The van der Waals surface area contributed by atoms with Crippen LogP contribution in [0, 0.1) is 114 Å². The van der Waals surface area contributed by atoms with Crippen LogP contribution in [-0.2, 0) is 40.5 Å². The van der Waals surface area contributed by atoms with Gasteiger partial charge in [0.15, 0.2) is 35.3 Å². The second kappa shape index (κ2) is 35.8. The number of thiazole rings is 3. The third kappa shape index (κ3) is 24.5. The van der Waals surface area contributed by atoms with E-state index in [2.05, 4.69) is 45.4 Å². The summed E-state index contributed by atoms with van der Waals surface area (Å²) in [7, 11) is 6.67. The molecule has 0 saturated carbocycles. The van der Waals surface area contributed by atoms with Crippen molar-refractivity contribution in [3.8, 4) is 5.69 Å². The Morgan fingerprint density at radius 1 is 0.489 bits per heavy atom. The van der Waals surface area contributed by atoms with Gasteiger partial charge in [0, 0.05) is 67.3 Å². The summed E-state index contributed by atoms with van der Waals surface area (Å²) in [4.78, 5) is 27.8. The zero-order chi connectivity index (χ0) is 69.4. The third-order valence-corrected chi connectivity index (χ3v) is 18.0. The average molecular weight is 1500 g/mol. The average Bonchev–Trinajstić information content (AvgIpc) is 1.74. The van der Waals surface area contributed by atoms with E-state index >= 15 is 0 Å². The van der Waals surface area contributed by atoms with Gasteiger partial charge < -0.3 is 4.42 Å². The summed E-state index contributed by atoms with van der Waals surface area (Å²) in [5.74, 6) is 1.67. The molecule has 10 aromatic rings. The number of hydrogen-bond donors (Lipinski definition) is 0. The van der Waals surface area contributed by atoms with Gasteiger partial charge in [-0.3, -0.25) is 28.8 Å². The van der Waals surface area contributed by atoms with Gasteiger partial charge in [0.1, 0.15) is 37.5 Å². The van der Waals surface area contributed by atoms with E-state index in [1.54, 1.807) is 60.6 Å². The molecule has 9 aromatic heterocycles. The van der Waals surface area contributed by atoms with Crippen LogP contribution in [-0.4, -0.2) is 73.8 Å². The molecule has 1 aromatic carbocycles. The van der Waals surface area contributed by atoms with E-state index in [0.29, 0.717) is 45.1 Å². The molecule has 0 fully saturated rings. The molecule has 0 aliphatic rings. The second-order valence-electron chi connectivity index (χ2n) is 18.7. The summed E-state index contributed by atoms with van der Waals surface area (Å²) in [5, 5.41) is 31.1. The van der Waals surface area contributed by atoms with Crippen LogP contribution >= 0.6 is 138 Å². The number of aryl methyl sites for hydroxylation is 13. The maximum atomic E-state index is 12.6. The molecule has 0 aliphatic carbocycles. The SMILES string of the molecule is Cc1c(C(F)(F)F)nn(-c2ccccc2)c1Cl.Cc1c(Cl)nn(C)c1C.Cc1c(Cl)nn(C)c1C(F)(F)F.Cc1nc(C)c(C)o1.Cc1nc(Cl)sc1C.Cc1nc(Cl)sc1Cl.Cc1nn(C)c(C)c1Cl.Cc1nn(C)c(C)c1[N+](=O)[O-].Cc1sc(Cl)nc1Cl. The second-order valence-corrected chi connectivity index (χ2v) is 26.2. The molecule has 0 radical (unpaired) electrons. The van der Waals surface area contributed by atoms with Crippen LogP contribution in [0.5, 0.6) is 0 Å². The van der Waals surface area contributed by atoms with Crippen LogP contribution in [0.3, 0.4) is 0 Å². The van der Waals surface area contributed by atoms with Crippen LogP contribution in [0.15, 0.2) is 34.7 Å². The minimum atomic E-state index is -4.49. The van der Waals surface area contributed by atoms with Gasteiger partial charge >= 0.3 is 18.0 Å². The van der Waals surface area contributed by atoms with Crippen LogP contribution in [0.1, 0.15) is 95.0 Å². The van der Waals surface area contributed by atoms with E-state index in [1.165, 1.54) is 64.5 Å². The minimum Gasteiger partial charge on any atom is -0.446 e. The Hall–Kier alpha value is -5.04. The molecular weight excluding hydrogens is 1440 g/mol. The number of benzene rings is 1. The number of nitrogens with zero attached hydrogens (tertiary/aromatic N) is 15. The van der Waals surface area contributed by atoms with Crippen molar-refractivity contribution in [2.75, 3.05) is 0 Å². The Kier molecular flexibility index (Phi) is 32.3. The summed E-state index contributed by atoms with van der Waals surface area (Å²) in [6, 6.07) is 8.45. The molecule has 9 heterocycles. The van der Waals surface area contributed by atoms with Crippen LogP contribution in [0.2, 0.25) is 43.4 Å². The number of rotatable bonds is 2. The number of alkyl halides is 6. The molecule has 0 saturated heterocycles. The monoisotopic (exact) mass is 1490 g/mol. The Morgan fingerprint density at radius 2 is 0.967 bits per heavy atom. The normalized spacial score (nSPS) is 10.6. The maximum Gasteiger partial charge on any atom is 0.435 e. The van der Waals surface area contributed by atoms with Crippen molar-refractivity contribution in [3.05, 3.63) is 179 Å². The zero-order valence-corrected chi connectivity index (χ0v) is 61.0. The highest BCUT2D eigenvalue weighted by atomic mass is 35.5. The van der Waals surface area contributed by atoms with Crippen molar-refractivity contribution in [1.29, 1.82) is 0 Å². The highest BCUT2D eigenvalue weighted by Gasteiger charge is 2.38. The molecule has 0 amide bonds. The summed E-state index contributed by atoms with van der Waals surface area (Å²) >= 11 is 54.7. The van der Waals surface area contributed by atoms with Crippen molar-refractivity contribution in [3.63, 3.8) is 0 Å². The van der Waals surface area contributed by atoms with Gasteiger partial charge in [0.05, 0.1) is 44.1 Å². The Bertz CT molecular complexity index is 3610. The fourth-order valence-electron chi connectivity index (χ4n) is 6.69. The number of oxazole rings is 1. The summed E-state index contributed by atoms with van der Waals surface area (Å²) in [6.07, 6.45) is -8.88. The molecule has 0 N–H and O–H groups in total. The Labute approximate surface area is 573 Å². The first kappa shape index (κ1) is 81.1. The van der Waals surface area contributed by atoms with Gasteiger partial charge in [0.2, 0.25) is 0 Å². The molecule has 494 valence electrons. The van der Waals surface area contributed by atoms with Crippen molar-refractivity contribution < 1.29 is 35.7 Å². The van der Waals surface area contributed by atoms with Crippen LogP contribution in [0.4, 0.5) is 32.0 Å². The van der Waals surface area contributed by atoms with Gasteiger partial charge in [-0.05, 0) is 109 Å². The lowest BCUT2D eigenvalue weighted by Gasteiger charge is -2.06. The largest absolute Gasteiger partial charge is 0.446 e. The van der Waals surface area contributed by atoms with Gasteiger partial charge in [-0.2, -0.15) is 51.8 Å². The number of nitro groups is 1. The van der Waals surface area contributed by atoms with E-state index < -0.39 is 28.7 Å². The first-order valence-electron chi connectivity index (χ1n) is 25.5. The molecule has 0 unspecified atom stereocenters. The summed E-state index contributed by atoms with van der Waals surface area (Å²) in [5.41, 5.74) is 6.77. The lowest BCUT2D eigenvalue weighted by atomic mass is 10.3. The van der Waals surface area contributed by atoms with Crippen molar-refractivity contribution in [2.45, 2.75) is 116 Å². The Morgan fingerprint density at radius 3 is 1.17 bits per heavy atom. The number of hydrogen-bond acceptors (Lipinski definition) is 15. The molecule has 90 heavy (non-hydrogen) atoms. The van der Waals surface area contributed by atoms with Crippen LogP contribution in [0.25, 0.3) is 5.69 Å². The van der Waals surface area contributed by atoms with E-state index in [-0.39, 0.29) is 27.1 Å². The third-order valence-electron chi connectivity index (χ3n) is 12.0. The standard InChI is InChI=1S/C11H8ClF3N2.C6H6ClF3N2.2C6H9ClN2.C6H9N3O2.C6H9NO.C5H6ClNS.2C4H3Cl2NS/c1-7-9(11(13,14)15)16-17(10(7)12)8-5-3-2-4-6-8;1-3-4(6(8,9)10)12(2)11-5(3)7;1-4-6(7)5(2)9(3)8-4;1-4-5(2)9(3)8-6(4)7;1-4-6(9(10)11)5(2)8(3)7-4;1-4-5(2)8-6(3)7-4;1-3-4(2)8-5(6)7-3;1-2-3(5)7-4(6)8-2;1-2-3(5)8-4(6)7-2/h2-6H,1H3;1-2H3;2*1-3H3;1-3H3;1-3H3;1-2H3;2*1H3. The first-order valence-corrected chi connectivity index (χ1v) is 31.4. The fourth-order valence-corrected chi connectivity index (χ4v) is 11.1. The molecule has 10 rings (SSSR count). The summed E-state index contributed by atoms with van der Waals surface area (Å²) < 4.78 is 88.8. The van der Waals surface area contributed by atoms with Crippen molar-refractivity contribution >= 4 is 144 Å². The van der Waals surface area contributed by atoms with E-state index in [1.807, 2.05) is 90.3 Å². The van der Waals surface area contributed by atoms with Gasteiger partial charge in [-0.15, -0.1) is 22.7 Å². The topological polar surface area (TPSA) is 197 Å². The molecular formula is C54H62Cl9F6N15O3S3. The van der Waals surface area contributed by atoms with E-state index in [9.17, 15) is 36.5 Å². The van der Waals surface area contributed by atoms with Crippen LogP contribution < -0.4 is 0 Å². The number of para-hydroxylation sites is 1. The lowest BCUT2D eigenvalue weighted by molar-refractivity contribution is -0.386. The predicted molar refractivity (Wildman–Crippen MR) is 352 cm³/mol. The quantitative estimate of drug-likeness (QED) is 0.0903. The molecule has 18 nitrogen and oxygen atoms in total. The van der Waals surface area contributed by atoms with E-state index in [0.717, 1.165) is 70.6 Å². The van der Waals surface area contributed by atoms with Gasteiger partial charge in [-0.1, -0.05) is 134 Å². The van der Waals surface area contributed by atoms with E-state index in [4.69, 9.17) is 109 Å². The van der Waals surface area contributed by atoms with Crippen molar-refractivity contribution in [2.24, 2.45) is 28.2 Å². The summed E-state index contributed by atoms with van der Waals surface area (Å²) in [6.45, 7) is 27.1. The predicted octanol–water partition coefficient (Wildman–Crippen LogP) is 20.1. The van der Waals surface area contributed by atoms with Crippen molar-refractivity contribution in [1.82, 2.24) is 68.8 Å². The minimum absolute atomic E-state index is 0.0245. The first-order chi connectivity index (χ1) is 41.3. The van der Waals surface area contributed by atoms with Gasteiger partial charge in [-0.25, -0.2) is 24.6 Å². The molecule has 36 heteroatoms. The molecule has 0 spiro atoms. The fraction of sp³-hybridized carbons (Fsp3) is 0.389. The molecule has 0 aliphatic heterocycles. The van der Waals surface area contributed by atoms with Gasteiger partial charge in [0.25, 0.3) is 0 Å². The number of halogens is 15. The Balaban J connectivity index is 0.000000349. The lowest BCUT2D eigenvalue weighted by Crippen LogP contribution is -2.12. The highest BCUT2D eigenvalue weighted by molar-refractivity contribution is 7.19. The maximum absolute atomic E-state index is 12.6. The molecule has 0 bridgehead atoms. The molecule has 0 atom stereocenters. The zero-order valence-electron chi connectivity index (χ0n) is 51.7. The number of aromatic nitrogens is 14.